The summed E-state index contributed by atoms with van der Waals surface area (Å²) in [4.78, 5) is 4.56. The van der Waals surface area contributed by atoms with Crippen LogP contribution in [0.4, 0.5) is 4.39 Å². The van der Waals surface area contributed by atoms with Crippen LogP contribution in [0.3, 0.4) is 0 Å². The second kappa shape index (κ2) is 4.67. The summed E-state index contributed by atoms with van der Waals surface area (Å²) in [6.45, 7) is 0. The Morgan fingerprint density at radius 2 is 1.83 bits per heavy atom. The number of aromatic nitrogens is 1. The molecule has 94 valence electrons. The highest BCUT2D eigenvalue weighted by molar-refractivity contribution is 6.37. The van der Waals surface area contributed by atoms with Gasteiger partial charge in [-0.1, -0.05) is 29.6 Å². The third kappa shape index (κ3) is 1.98. The molecule has 18 heavy (non-hydrogen) atoms. The fraction of sp³-hybridized carbons (Fsp3) is 0.357. The van der Waals surface area contributed by atoms with Crippen molar-refractivity contribution in [3.8, 4) is 0 Å². The maximum atomic E-state index is 13.5. The highest BCUT2D eigenvalue weighted by Gasteiger charge is 2.17. The Bertz CT molecular complexity index is 625. The molecule has 3 rings (SSSR count). The van der Waals surface area contributed by atoms with E-state index in [0.717, 1.165) is 42.3 Å². The molecule has 0 fully saturated rings. The van der Waals surface area contributed by atoms with E-state index in [0.29, 0.717) is 10.5 Å². The molecule has 0 N–H and O–H groups in total. The Morgan fingerprint density at radius 1 is 1.06 bits per heavy atom. The molecule has 0 atom stereocenters. The lowest BCUT2D eigenvalue weighted by atomic mass is 10.0. The molecule has 0 radical (unpaired) electrons. The number of rotatable bonds is 0. The molecule has 2 aromatic rings. The Kier molecular flexibility index (Phi) is 3.16. The second-order valence-electron chi connectivity index (χ2n) is 4.70. The van der Waals surface area contributed by atoms with Gasteiger partial charge in [-0.15, -0.1) is 0 Å². The molecule has 0 bridgehead atoms. The number of hydrogen-bond donors (Lipinski definition) is 0. The SMILES string of the molecule is Fc1cc2nc3c(c(Cl)c2cc1Cl)CCCCC3. The lowest BCUT2D eigenvalue weighted by molar-refractivity contribution is 0.629. The largest absolute Gasteiger partial charge is 0.252 e. The summed E-state index contributed by atoms with van der Waals surface area (Å²) >= 11 is 12.2. The van der Waals surface area contributed by atoms with Gasteiger partial charge in [-0.25, -0.2) is 4.39 Å². The van der Waals surface area contributed by atoms with Crippen LogP contribution in [0.2, 0.25) is 10.0 Å². The van der Waals surface area contributed by atoms with Crippen LogP contribution < -0.4 is 0 Å². The molecule has 1 aromatic carbocycles. The number of halogens is 3. The summed E-state index contributed by atoms with van der Waals surface area (Å²) in [5.41, 5.74) is 2.73. The van der Waals surface area contributed by atoms with E-state index in [1.807, 2.05) is 0 Å². The smallest absolute Gasteiger partial charge is 0.143 e. The number of benzene rings is 1. The van der Waals surface area contributed by atoms with E-state index in [9.17, 15) is 4.39 Å². The van der Waals surface area contributed by atoms with Gasteiger partial charge in [-0.05, 0) is 37.3 Å². The Morgan fingerprint density at radius 3 is 2.67 bits per heavy atom. The second-order valence-corrected chi connectivity index (χ2v) is 5.48. The molecule has 1 aliphatic carbocycles. The summed E-state index contributed by atoms with van der Waals surface area (Å²) < 4.78 is 13.5. The summed E-state index contributed by atoms with van der Waals surface area (Å²) in [6, 6.07) is 2.95. The maximum Gasteiger partial charge on any atom is 0.143 e. The fourth-order valence-electron chi connectivity index (χ4n) is 2.54. The summed E-state index contributed by atoms with van der Waals surface area (Å²) in [5.74, 6) is -0.443. The van der Waals surface area contributed by atoms with Crippen molar-refractivity contribution in [1.29, 1.82) is 0 Å². The van der Waals surface area contributed by atoms with Crippen molar-refractivity contribution < 1.29 is 4.39 Å². The van der Waals surface area contributed by atoms with Gasteiger partial charge in [0.1, 0.15) is 5.82 Å². The molecule has 1 aromatic heterocycles. The van der Waals surface area contributed by atoms with Crippen LogP contribution in [0.1, 0.15) is 30.5 Å². The zero-order valence-electron chi connectivity index (χ0n) is 9.77. The van der Waals surface area contributed by atoms with Crippen LogP contribution in [0.25, 0.3) is 10.9 Å². The lowest BCUT2D eigenvalue weighted by Crippen LogP contribution is -1.98. The molecule has 0 saturated heterocycles. The number of hydrogen-bond acceptors (Lipinski definition) is 1. The van der Waals surface area contributed by atoms with Gasteiger partial charge < -0.3 is 0 Å². The number of fused-ring (bicyclic) bond motifs is 2. The topological polar surface area (TPSA) is 12.9 Å². The van der Waals surface area contributed by atoms with E-state index >= 15 is 0 Å². The molecule has 1 heterocycles. The number of aryl methyl sites for hydroxylation is 1. The predicted molar refractivity (Wildman–Crippen MR) is 73.0 cm³/mol. The molecule has 1 nitrogen and oxygen atoms in total. The maximum absolute atomic E-state index is 13.5. The third-order valence-corrected chi connectivity index (χ3v) is 4.21. The minimum atomic E-state index is -0.443. The van der Waals surface area contributed by atoms with Crippen LogP contribution in [0.5, 0.6) is 0 Å². The summed E-state index contributed by atoms with van der Waals surface area (Å²) in [6.07, 6.45) is 5.33. The molecule has 0 amide bonds. The number of pyridine rings is 1. The van der Waals surface area contributed by atoms with E-state index in [2.05, 4.69) is 4.98 Å². The van der Waals surface area contributed by atoms with Crippen LogP contribution in [0, 0.1) is 5.82 Å². The Hall–Kier alpha value is -0.860. The van der Waals surface area contributed by atoms with Crippen molar-refractivity contribution in [3.63, 3.8) is 0 Å². The van der Waals surface area contributed by atoms with E-state index in [-0.39, 0.29) is 5.02 Å². The zero-order valence-corrected chi connectivity index (χ0v) is 11.3. The first-order chi connectivity index (χ1) is 8.66. The van der Waals surface area contributed by atoms with E-state index in [1.165, 1.54) is 12.5 Å². The summed E-state index contributed by atoms with van der Waals surface area (Å²) in [7, 11) is 0. The predicted octanol–water partition coefficient (Wildman–Crippen LogP) is 4.95. The van der Waals surface area contributed by atoms with Crippen LogP contribution >= 0.6 is 23.2 Å². The molecule has 0 unspecified atom stereocenters. The average Bonchev–Trinajstić information content (AvgIpc) is 2.58. The molecule has 1 aliphatic rings. The van der Waals surface area contributed by atoms with Gasteiger partial charge in [0, 0.05) is 17.1 Å². The Labute approximate surface area is 115 Å². The first kappa shape index (κ1) is 12.2. The van der Waals surface area contributed by atoms with Crippen molar-refractivity contribution >= 4 is 34.1 Å². The van der Waals surface area contributed by atoms with Gasteiger partial charge in [-0.2, -0.15) is 0 Å². The van der Waals surface area contributed by atoms with Gasteiger partial charge in [0.2, 0.25) is 0 Å². The first-order valence-corrected chi connectivity index (χ1v) is 6.88. The van der Waals surface area contributed by atoms with Gasteiger partial charge in [0.05, 0.1) is 15.6 Å². The van der Waals surface area contributed by atoms with Gasteiger partial charge in [-0.3, -0.25) is 4.98 Å². The van der Waals surface area contributed by atoms with Gasteiger partial charge in [0.25, 0.3) is 0 Å². The molecule has 4 heteroatoms. The quantitative estimate of drug-likeness (QED) is 0.624. The molecule has 0 aliphatic heterocycles. The number of nitrogens with zero attached hydrogens (tertiary/aromatic N) is 1. The molecule has 0 spiro atoms. The van der Waals surface area contributed by atoms with Crippen molar-refractivity contribution in [2.45, 2.75) is 32.1 Å². The van der Waals surface area contributed by atoms with E-state index in [1.54, 1.807) is 6.07 Å². The van der Waals surface area contributed by atoms with Crippen LogP contribution in [0.15, 0.2) is 12.1 Å². The average molecular weight is 284 g/mol. The minimum Gasteiger partial charge on any atom is -0.252 e. The Balaban J connectivity index is 2.31. The lowest BCUT2D eigenvalue weighted by Gasteiger charge is -2.11. The van der Waals surface area contributed by atoms with Crippen molar-refractivity contribution in [3.05, 3.63) is 39.3 Å². The van der Waals surface area contributed by atoms with Crippen molar-refractivity contribution in [2.75, 3.05) is 0 Å². The zero-order chi connectivity index (χ0) is 12.7. The summed E-state index contributed by atoms with van der Waals surface area (Å²) in [5, 5.41) is 1.54. The first-order valence-electron chi connectivity index (χ1n) is 6.13. The van der Waals surface area contributed by atoms with Crippen LogP contribution in [-0.4, -0.2) is 4.98 Å². The van der Waals surface area contributed by atoms with Gasteiger partial charge in [0.15, 0.2) is 0 Å². The molecular weight excluding hydrogens is 272 g/mol. The molecular formula is C14H12Cl2FN. The van der Waals surface area contributed by atoms with Crippen molar-refractivity contribution in [2.24, 2.45) is 0 Å². The fourth-order valence-corrected chi connectivity index (χ4v) is 3.06. The van der Waals surface area contributed by atoms with E-state index in [4.69, 9.17) is 23.2 Å². The van der Waals surface area contributed by atoms with Crippen LogP contribution in [-0.2, 0) is 12.8 Å². The highest BCUT2D eigenvalue weighted by Crippen LogP contribution is 2.34. The monoisotopic (exact) mass is 283 g/mol. The standard InChI is InChI=1S/C14H12Cl2FN/c15-10-6-9-13(7-11(10)17)18-12-5-3-1-2-4-8(12)14(9)16/h6-7H,1-5H2. The normalized spacial score (nSPS) is 15.5. The third-order valence-electron chi connectivity index (χ3n) is 3.48. The van der Waals surface area contributed by atoms with Crippen molar-refractivity contribution in [1.82, 2.24) is 4.98 Å². The minimum absolute atomic E-state index is 0.0970. The van der Waals surface area contributed by atoms with Gasteiger partial charge >= 0.3 is 0 Å². The molecule has 0 saturated carbocycles. The highest BCUT2D eigenvalue weighted by atomic mass is 35.5. The van der Waals surface area contributed by atoms with E-state index < -0.39 is 5.82 Å².